The van der Waals surface area contributed by atoms with E-state index in [4.69, 9.17) is 10.8 Å². The molecule has 1 aromatic carbocycles. The SMILES string of the molecule is Cc1ccc(C2=CC=C(C(=O)NC(CN)c3ncc(CO)s3)C2)cc1F. The Morgan fingerprint density at radius 1 is 1.46 bits per heavy atom. The van der Waals surface area contributed by atoms with Crippen LogP contribution in [0.3, 0.4) is 0 Å². The van der Waals surface area contributed by atoms with Gasteiger partial charge in [0.05, 0.1) is 17.5 Å². The fourth-order valence-corrected chi connectivity index (χ4v) is 3.54. The molecule has 1 amide bonds. The minimum Gasteiger partial charge on any atom is -0.391 e. The van der Waals surface area contributed by atoms with Crippen LogP contribution < -0.4 is 11.1 Å². The number of hydrogen-bond donors (Lipinski definition) is 3. The highest BCUT2D eigenvalue weighted by Crippen LogP contribution is 2.30. The Bertz CT molecular complexity index is 889. The van der Waals surface area contributed by atoms with E-state index in [1.165, 1.54) is 17.4 Å². The van der Waals surface area contributed by atoms with E-state index in [-0.39, 0.29) is 24.9 Å². The van der Waals surface area contributed by atoms with Crippen LogP contribution in [-0.2, 0) is 11.4 Å². The summed E-state index contributed by atoms with van der Waals surface area (Å²) in [7, 11) is 0. The van der Waals surface area contributed by atoms with Gasteiger partial charge in [-0.2, -0.15) is 0 Å². The summed E-state index contributed by atoms with van der Waals surface area (Å²) in [5, 5.41) is 12.7. The van der Waals surface area contributed by atoms with E-state index in [0.717, 1.165) is 16.0 Å². The highest BCUT2D eigenvalue weighted by atomic mass is 32.1. The number of aromatic nitrogens is 1. The molecule has 136 valence electrons. The van der Waals surface area contributed by atoms with Crippen LogP contribution in [-0.4, -0.2) is 22.5 Å². The monoisotopic (exact) mass is 373 g/mol. The maximum absolute atomic E-state index is 13.8. The second-order valence-electron chi connectivity index (χ2n) is 6.11. The summed E-state index contributed by atoms with van der Waals surface area (Å²) in [6, 6.07) is 4.67. The normalized spacial score (nSPS) is 14.8. The molecule has 1 aliphatic carbocycles. The number of nitrogens with zero attached hydrogens (tertiary/aromatic N) is 1. The zero-order valence-corrected chi connectivity index (χ0v) is 15.1. The van der Waals surface area contributed by atoms with Crippen LogP contribution in [0, 0.1) is 12.7 Å². The number of carbonyl (C=O) groups excluding carboxylic acids is 1. The van der Waals surface area contributed by atoms with Crippen LogP contribution in [0.25, 0.3) is 5.57 Å². The maximum atomic E-state index is 13.8. The minimum atomic E-state index is -0.408. The summed E-state index contributed by atoms with van der Waals surface area (Å²) in [6.45, 7) is 1.84. The van der Waals surface area contributed by atoms with Crippen LogP contribution >= 0.6 is 11.3 Å². The average molecular weight is 373 g/mol. The summed E-state index contributed by atoms with van der Waals surface area (Å²) in [4.78, 5) is 17.5. The Morgan fingerprint density at radius 2 is 2.27 bits per heavy atom. The highest BCUT2D eigenvalue weighted by Gasteiger charge is 2.22. The van der Waals surface area contributed by atoms with Gasteiger partial charge in [0, 0.05) is 24.7 Å². The van der Waals surface area contributed by atoms with Crippen LogP contribution in [0.15, 0.2) is 42.1 Å². The molecule has 4 N–H and O–H groups in total. The summed E-state index contributed by atoms with van der Waals surface area (Å²) < 4.78 is 13.8. The zero-order valence-electron chi connectivity index (χ0n) is 14.3. The Kier molecular flexibility index (Phi) is 5.61. The number of halogens is 1. The lowest BCUT2D eigenvalue weighted by Crippen LogP contribution is -2.34. The molecule has 2 aromatic rings. The largest absolute Gasteiger partial charge is 0.391 e. The van der Waals surface area contributed by atoms with E-state index in [1.54, 1.807) is 25.3 Å². The van der Waals surface area contributed by atoms with Crippen molar-refractivity contribution >= 4 is 22.8 Å². The van der Waals surface area contributed by atoms with Crippen molar-refractivity contribution < 1.29 is 14.3 Å². The first-order valence-corrected chi connectivity index (χ1v) is 9.06. The van der Waals surface area contributed by atoms with Gasteiger partial charge in [-0.15, -0.1) is 11.3 Å². The molecule has 0 bridgehead atoms. The molecular weight excluding hydrogens is 353 g/mol. The van der Waals surface area contributed by atoms with Gasteiger partial charge in [-0.05, 0) is 29.7 Å². The number of hydrogen-bond acceptors (Lipinski definition) is 5. The van der Waals surface area contributed by atoms with Gasteiger partial charge >= 0.3 is 0 Å². The molecule has 1 aromatic heterocycles. The van der Waals surface area contributed by atoms with Gasteiger partial charge < -0.3 is 16.2 Å². The number of thiazole rings is 1. The summed E-state index contributed by atoms with van der Waals surface area (Å²) in [6.07, 6.45) is 5.60. The van der Waals surface area contributed by atoms with Crippen molar-refractivity contribution in [1.29, 1.82) is 0 Å². The first kappa shape index (κ1) is 18.4. The predicted molar refractivity (Wildman–Crippen MR) is 99.8 cm³/mol. The van der Waals surface area contributed by atoms with E-state index >= 15 is 0 Å². The smallest absolute Gasteiger partial charge is 0.248 e. The van der Waals surface area contributed by atoms with Gasteiger partial charge in [-0.1, -0.05) is 24.3 Å². The van der Waals surface area contributed by atoms with Crippen molar-refractivity contribution in [3.05, 3.63) is 68.9 Å². The van der Waals surface area contributed by atoms with E-state index in [1.807, 2.05) is 12.1 Å². The number of aryl methyl sites for hydroxylation is 1. The molecule has 0 saturated carbocycles. The Hall–Kier alpha value is -2.35. The molecule has 0 spiro atoms. The first-order valence-electron chi connectivity index (χ1n) is 8.24. The van der Waals surface area contributed by atoms with Crippen molar-refractivity contribution in [3.8, 4) is 0 Å². The lowest BCUT2D eigenvalue weighted by atomic mass is 10.0. The third-order valence-corrected chi connectivity index (χ3v) is 5.36. The first-order chi connectivity index (χ1) is 12.5. The summed E-state index contributed by atoms with van der Waals surface area (Å²) in [5.41, 5.74) is 8.63. The van der Waals surface area contributed by atoms with Crippen LogP contribution in [0.1, 0.15) is 33.5 Å². The molecule has 1 heterocycles. The predicted octanol–water partition coefficient (Wildman–Crippen LogP) is 2.61. The number of benzene rings is 1. The molecule has 5 nitrogen and oxygen atoms in total. The molecule has 3 rings (SSSR count). The number of amides is 1. The second-order valence-corrected chi connectivity index (χ2v) is 7.26. The zero-order chi connectivity index (χ0) is 18.7. The summed E-state index contributed by atoms with van der Waals surface area (Å²) >= 11 is 1.32. The number of aliphatic hydroxyl groups excluding tert-OH is 1. The Morgan fingerprint density at radius 3 is 2.92 bits per heavy atom. The number of nitrogens with one attached hydrogen (secondary N) is 1. The third kappa shape index (κ3) is 3.90. The number of carbonyl (C=O) groups is 1. The molecule has 0 radical (unpaired) electrons. The topological polar surface area (TPSA) is 88.2 Å². The lowest BCUT2D eigenvalue weighted by molar-refractivity contribution is -0.118. The van der Waals surface area contributed by atoms with Crippen molar-refractivity contribution in [3.63, 3.8) is 0 Å². The van der Waals surface area contributed by atoms with Gasteiger partial charge in [0.25, 0.3) is 0 Å². The average Bonchev–Trinajstić information content (AvgIpc) is 3.31. The number of allylic oxidation sites excluding steroid dienone is 3. The van der Waals surface area contributed by atoms with E-state index < -0.39 is 6.04 Å². The van der Waals surface area contributed by atoms with Crippen LogP contribution in [0.2, 0.25) is 0 Å². The number of nitrogens with two attached hydrogens (primary N) is 1. The molecular formula is C19H20FN3O2S. The Balaban J connectivity index is 1.65. The van der Waals surface area contributed by atoms with Crippen molar-refractivity contribution in [1.82, 2.24) is 10.3 Å². The van der Waals surface area contributed by atoms with Crippen molar-refractivity contribution in [2.24, 2.45) is 5.73 Å². The van der Waals surface area contributed by atoms with E-state index in [0.29, 0.717) is 22.6 Å². The number of aliphatic hydroxyl groups is 1. The second kappa shape index (κ2) is 7.90. The molecule has 7 heteroatoms. The maximum Gasteiger partial charge on any atom is 0.248 e. The molecule has 1 unspecified atom stereocenters. The van der Waals surface area contributed by atoms with Gasteiger partial charge in [-0.3, -0.25) is 4.79 Å². The third-order valence-electron chi connectivity index (χ3n) is 4.27. The standard InChI is InChI=1S/C19H20FN3O2S/c1-11-2-3-13(7-16(11)20)12-4-5-14(6-12)18(25)23-17(8-21)19-22-9-15(10-24)26-19/h2-5,7,9,17,24H,6,8,10,21H2,1H3,(H,23,25). The van der Waals surface area contributed by atoms with Crippen molar-refractivity contribution in [2.45, 2.75) is 26.0 Å². The van der Waals surface area contributed by atoms with Crippen LogP contribution in [0.5, 0.6) is 0 Å². The van der Waals surface area contributed by atoms with Gasteiger partial charge in [0.15, 0.2) is 0 Å². The molecule has 0 saturated heterocycles. The van der Waals surface area contributed by atoms with E-state index in [2.05, 4.69) is 10.3 Å². The number of rotatable bonds is 6. The van der Waals surface area contributed by atoms with Gasteiger partial charge in [0.2, 0.25) is 5.91 Å². The summed E-state index contributed by atoms with van der Waals surface area (Å²) in [5.74, 6) is -0.479. The molecule has 0 aliphatic heterocycles. The fraction of sp³-hybridized carbons (Fsp3) is 0.263. The molecule has 1 aliphatic rings. The lowest BCUT2D eigenvalue weighted by Gasteiger charge is -2.15. The van der Waals surface area contributed by atoms with Gasteiger partial charge in [0.1, 0.15) is 10.8 Å². The quantitative estimate of drug-likeness (QED) is 0.726. The van der Waals surface area contributed by atoms with Gasteiger partial charge in [-0.25, -0.2) is 9.37 Å². The minimum absolute atomic E-state index is 0.0888. The molecule has 1 atom stereocenters. The highest BCUT2D eigenvalue weighted by molar-refractivity contribution is 7.11. The van der Waals surface area contributed by atoms with E-state index in [9.17, 15) is 9.18 Å². The Labute approximate surface area is 155 Å². The molecule has 0 fully saturated rings. The molecule has 26 heavy (non-hydrogen) atoms. The van der Waals surface area contributed by atoms with Crippen molar-refractivity contribution in [2.75, 3.05) is 6.54 Å². The fourth-order valence-electron chi connectivity index (χ4n) is 2.70. The van der Waals surface area contributed by atoms with Crippen LogP contribution in [0.4, 0.5) is 4.39 Å².